The van der Waals surface area contributed by atoms with Crippen molar-refractivity contribution in [3.8, 4) is 0 Å². The number of nitrogen functional groups attached to an aromatic ring is 1. The van der Waals surface area contributed by atoms with E-state index in [1.807, 2.05) is 6.07 Å². The molecule has 0 unspecified atom stereocenters. The van der Waals surface area contributed by atoms with Crippen LogP contribution < -0.4 is 16.4 Å². The lowest BCUT2D eigenvalue weighted by Gasteiger charge is -2.17. The number of carbonyl (C=O) groups excluding carboxylic acids is 2. The van der Waals surface area contributed by atoms with E-state index in [0.29, 0.717) is 24.2 Å². The van der Waals surface area contributed by atoms with Gasteiger partial charge in [0.2, 0.25) is 5.91 Å². The molecule has 1 aliphatic rings. The largest absolute Gasteiger partial charge is 0.397 e. The predicted octanol–water partition coefficient (Wildman–Crippen LogP) is 1.80. The first-order chi connectivity index (χ1) is 10.1. The van der Waals surface area contributed by atoms with Gasteiger partial charge in [-0.3, -0.25) is 9.59 Å². The molecule has 1 aromatic heterocycles. The zero-order valence-corrected chi connectivity index (χ0v) is 11.2. The number of carbonyl (C=O) groups is 2. The molecule has 0 saturated heterocycles. The molecule has 21 heavy (non-hydrogen) atoms. The molecule has 0 atom stereocenters. The van der Waals surface area contributed by atoms with Crippen molar-refractivity contribution in [2.24, 2.45) is 0 Å². The molecule has 0 fully saturated rings. The molecule has 106 valence electrons. The zero-order valence-electron chi connectivity index (χ0n) is 11.2. The summed E-state index contributed by atoms with van der Waals surface area (Å²) in [4.78, 5) is 27.4. The minimum absolute atomic E-state index is 0.0144. The number of amides is 2. The Morgan fingerprint density at radius 3 is 2.95 bits per heavy atom. The summed E-state index contributed by atoms with van der Waals surface area (Å²) in [7, 11) is 0. The number of fused-ring (bicyclic) bond motifs is 1. The van der Waals surface area contributed by atoms with E-state index in [0.717, 1.165) is 11.3 Å². The van der Waals surface area contributed by atoms with E-state index in [1.165, 1.54) is 6.20 Å². The van der Waals surface area contributed by atoms with Gasteiger partial charge < -0.3 is 16.4 Å². The van der Waals surface area contributed by atoms with Crippen molar-refractivity contribution in [2.45, 2.75) is 12.8 Å². The third-order valence-electron chi connectivity index (χ3n) is 3.31. The van der Waals surface area contributed by atoms with Crippen LogP contribution in [-0.2, 0) is 11.2 Å². The van der Waals surface area contributed by atoms with Crippen LogP contribution in [0.5, 0.6) is 0 Å². The lowest BCUT2D eigenvalue weighted by molar-refractivity contribution is -0.116. The van der Waals surface area contributed by atoms with Crippen LogP contribution in [0.4, 0.5) is 17.1 Å². The van der Waals surface area contributed by atoms with Gasteiger partial charge in [0.1, 0.15) is 0 Å². The molecule has 1 aromatic carbocycles. The Hall–Kier alpha value is -2.89. The third kappa shape index (κ3) is 2.69. The number of nitrogens with zero attached hydrogens (tertiary/aromatic N) is 1. The lowest BCUT2D eigenvalue weighted by Crippen LogP contribution is -2.20. The SMILES string of the molecule is Nc1cccnc1C(=O)Nc1ccc2c(c1)CCC(=O)N2. The summed E-state index contributed by atoms with van der Waals surface area (Å²) in [6.45, 7) is 0. The quantitative estimate of drug-likeness (QED) is 0.782. The molecule has 0 bridgehead atoms. The van der Waals surface area contributed by atoms with Crippen molar-refractivity contribution in [2.75, 3.05) is 16.4 Å². The predicted molar refractivity (Wildman–Crippen MR) is 80.0 cm³/mol. The van der Waals surface area contributed by atoms with Crippen LogP contribution >= 0.6 is 0 Å². The number of nitrogens with two attached hydrogens (primary N) is 1. The lowest BCUT2D eigenvalue weighted by atomic mass is 10.0. The van der Waals surface area contributed by atoms with Crippen LogP contribution in [0.1, 0.15) is 22.5 Å². The number of anilines is 3. The van der Waals surface area contributed by atoms with E-state index >= 15 is 0 Å². The van der Waals surface area contributed by atoms with E-state index in [-0.39, 0.29) is 17.5 Å². The van der Waals surface area contributed by atoms with Crippen LogP contribution in [0.15, 0.2) is 36.5 Å². The number of hydrogen-bond donors (Lipinski definition) is 3. The van der Waals surface area contributed by atoms with Crippen molar-refractivity contribution in [1.29, 1.82) is 0 Å². The zero-order chi connectivity index (χ0) is 14.8. The molecule has 2 aromatic rings. The van der Waals surface area contributed by atoms with E-state index in [4.69, 9.17) is 5.73 Å². The smallest absolute Gasteiger partial charge is 0.276 e. The maximum absolute atomic E-state index is 12.1. The van der Waals surface area contributed by atoms with Gasteiger partial charge in [-0.05, 0) is 42.3 Å². The number of nitrogens with one attached hydrogen (secondary N) is 2. The Morgan fingerprint density at radius 1 is 1.29 bits per heavy atom. The van der Waals surface area contributed by atoms with Gasteiger partial charge in [0.15, 0.2) is 5.69 Å². The number of rotatable bonds is 2. The molecule has 0 aliphatic carbocycles. The average Bonchev–Trinajstić information content (AvgIpc) is 2.48. The third-order valence-corrected chi connectivity index (χ3v) is 3.31. The molecule has 2 heterocycles. The summed E-state index contributed by atoms with van der Waals surface area (Å²) in [6.07, 6.45) is 2.64. The van der Waals surface area contributed by atoms with Crippen LogP contribution in [-0.4, -0.2) is 16.8 Å². The maximum atomic E-state index is 12.1. The molecule has 0 spiro atoms. The minimum atomic E-state index is -0.354. The van der Waals surface area contributed by atoms with Gasteiger partial charge in [0.05, 0.1) is 5.69 Å². The average molecular weight is 282 g/mol. The van der Waals surface area contributed by atoms with Crippen molar-refractivity contribution < 1.29 is 9.59 Å². The monoisotopic (exact) mass is 282 g/mol. The summed E-state index contributed by atoms with van der Waals surface area (Å²) in [6, 6.07) is 8.68. The topological polar surface area (TPSA) is 97.1 Å². The fraction of sp³-hybridized carbons (Fsp3) is 0.133. The molecule has 6 nitrogen and oxygen atoms in total. The normalized spacial score (nSPS) is 13.2. The second-order valence-corrected chi connectivity index (χ2v) is 4.82. The van der Waals surface area contributed by atoms with Crippen LogP contribution in [0, 0.1) is 0 Å². The fourth-order valence-electron chi connectivity index (χ4n) is 2.26. The molecule has 4 N–H and O–H groups in total. The summed E-state index contributed by atoms with van der Waals surface area (Å²) in [5, 5.41) is 5.56. The minimum Gasteiger partial charge on any atom is -0.397 e. The maximum Gasteiger partial charge on any atom is 0.276 e. The molecule has 6 heteroatoms. The van der Waals surface area contributed by atoms with Crippen molar-refractivity contribution in [3.63, 3.8) is 0 Å². The van der Waals surface area contributed by atoms with Crippen LogP contribution in [0.2, 0.25) is 0 Å². The second-order valence-electron chi connectivity index (χ2n) is 4.82. The van der Waals surface area contributed by atoms with Gasteiger partial charge >= 0.3 is 0 Å². The summed E-state index contributed by atoms with van der Waals surface area (Å²) >= 11 is 0. The van der Waals surface area contributed by atoms with Gasteiger partial charge in [-0.2, -0.15) is 0 Å². The summed E-state index contributed by atoms with van der Waals surface area (Å²) < 4.78 is 0. The number of benzene rings is 1. The fourth-order valence-corrected chi connectivity index (χ4v) is 2.26. The van der Waals surface area contributed by atoms with Crippen molar-refractivity contribution in [1.82, 2.24) is 4.98 Å². The highest BCUT2D eigenvalue weighted by atomic mass is 16.2. The second kappa shape index (κ2) is 5.24. The summed E-state index contributed by atoms with van der Waals surface area (Å²) in [5.74, 6) is -0.339. The number of aryl methyl sites for hydroxylation is 1. The van der Waals surface area contributed by atoms with Crippen LogP contribution in [0.25, 0.3) is 0 Å². The number of pyridine rings is 1. The van der Waals surface area contributed by atoms with E-state index in [9.17, 15) is 9.59 Å². The highest BCUT2D eigenvalue weighted by Gasteiger charge is 2.16. The highest BCUT2D eigenvalue weighted by Crippen LogP contribution is 2.26. The van der Waals surface area contributed by atoms with Gasteiger partial charge in [0, 0.05) is 24.0 Å². The number of aromatic nitrogens is 1. The number of hydrogen-bond acceptors (Lipinski definition) is 4. The Labute approximate surface area is 121 Å². The molecule has 3 rings (SSSR count). The molecule has 0 radical (unpaired) electrons. The van der Waals surface area contributed by atoms with E-state index < -0.39 is 0 Å². The van der Waals surface area contributed by atoms with Gasteiger partial charge in [-0.25, -0.2) is 4.98 Å². The molecular formula is C15H14N4O2. The first kappa shape index (κ1) is 13.1. The molecule has 1 aliphatic heterocycles. The molecule has 2 amide bonds. The first-order valence-corrected chi connectivity index (χ1v) is 6.58. The van der Waals surface area contributed by atoms with E-state index in [1.54, 1.807) is 24.3 Å². The Balaban J connectivity index is 1.81. The van der Waals surface area contributed by atoms with Gasteiger partial charge in [-0.1, -0.05) is 0 Å². The molecule has 0 saturated carbocycles. The highest BCUT2D eigenvalue weighted by molar-refractivity contribution is 6.06. The molecular weight excluding hydrogens is 268 g/mol. The Morgan fingerprint density at radius 2 is 2.14 bits per heavy atom. The Bertz CT molecular complexity index is 727. The first-order valence-electron chi connectivity index (χ1n) is 6.58. The van der Waals surface area contributed by atoms with Gasteiger partial charge in [0.25, 0.3) is 5.91 Å². The van der Waals surface area contributed by atoms with E-state index in [2.05, 4.69) is 15.6 Å². The Kier molecular flexibility index (Phi) is 3.27. The standard InChI is InChI=1S/C15H14N4O2/c16-11-2-1-7-17-14(11)15(21)18-10-4-5-12-9(8-10)3-6-13(20)19-12/h1-2,4-5,7-8H,3,6,16H2,(H,18,21)(H,19,20). The van der Waals surface area contributed by atoms with Gasteiger partial charge in [-0.15, -0.1) is 0 Å². The summed E-state index contributed by atoms with van der Waals surface area (Å²) in [5.41, 5.74) is 8.71. The van der Waals surface area contributed by atoms with Crippen molar-refractivity contribution in [3.05, 3.63) is 47.8 Å². The van der Waals surface area contributed by atoms with Crippen LogP contribution in [0.3, 0.4) is 0 Å². The van der Waals surface area contributed by atoms with Crippen molar-refractivity contribution >= 4 is 28.9 Å².